The highest BCUT2D eigenvalue weighted by atomic mass is 79.9. The van der Waals surface area contributed by atoms with Crippen molar-refractivity contribution in [1.82, 2.24) is 0 Å². The van der Waals surface area contributed by atoms with Gasteiger partial charge in [-0.2, -0.15) is 8.42 Å². The molecule has 0 fully saturated rings. The van der Waals surface area contributed by atoms with Gasteiger partial charge in [-0.1, -0.05) is 0 Å². The Balaban J connectivity index is 3.56. The molecule has 1 aromatic rings. The molecular formula is C6H4BrF2NO2S. The van der Waals surface area contributed by atoms with Gasteiger partial charge in [0.1, 0.15) is 4.90 Å². The zero-order valence-electron chi connectivity index (χ0n) is 6.09. The van der Waals surface area contributed by atoms with Crippen LogP contribution in [-0.2, 0) is 10.2 Å². The van der Waals surface area contributed by atoms with Crippen molar-refractivity contribution < 1.29 is 16.7 Å². The van der Waals surface area contributed by atoms with Gasteiger partial charge in [0.05, 0.1) is 4.47 Å². The highest BCUT2D eigenvalue weighted by molar-refractivity contribution is 9.10. The van der Waals surface area contributed by atoms with Crippen LogP contribution in [0.5, 0.6) is 0 Å². The lowest BCUT2D eigenvalue weighted by Gasteiger charge is -2.01. The molecular weight excluding hydrogens is 268 g/mol. The van der Waals surface area contributed by atoms with Gasteiger partial charge in [-0.15, -0.1) is 3.89 Å². The molecule has 0 aromatic heterocycles. The Kier molecular flexibility index (Phi) is 2.58. The van der Waals surface area contributed by atoms with Gasteiger partial charge < -0.3 is 5.73 Å². The minimum atomic E-state index is -5.06. The van der Waals surface area contributed by atoms with Crippen LogP contribution in [0.2, 0.25) is 0 Å². The van der Waals surface area contributed by atoms with Crippen molar-refractivity contribution in [1.29, 1.82) is 0 Å². The standard InChI is InChI=1S/C6H4BrF2NO2S/c7-4-1-3(10)2-5(6(4)8)13(9,11)12/h1-2H,10H2. The molecule has 0 saturated carbocycles. The molecule has 3 nitrogen and oxygen atoms in total. The number of nitrogen functional groups attached to an aromatic ring is 1. The number of anilines is 1. The molecule has 0 aliphatic heterocycles. The topological polar surface area (TPSA) is 60.2 Å². The first-order chi connectivity index (χ1) is 5.82. The second-order valence-electron chi connectivity index (χ2n) is 2.25. The van der Waals surface area contributed by atoms with E-state index in [0.29, 0.717) is 0 Å². The number of hydrogen-bond donors (Lipinski definition) is 1. The summed E-state index contributed by atoms with van der Waals surface area (Å²) < 4.78 is 45.9. The first-order valence-electron chi connectivity index (χ1n) is 3.01. The molecule has 2 N–H and O–H groups in total. The van der Waals surface area contributed by atoms with E-state index in [9.17, 15) is 16.7 Å². The van der Waals surface area contributed by atoms with Crippen LogP contribution in [0.15, 0.2) is 21.5 Å². The predicted molar refractivity (Wildman–Crippen MR) is 46.8 cm³/mol. The van der Waals surface area contributed by atoms with E-state index >= 15 is 0 Å². The van der Waals surface area contributed by atoms with Gasteiger partial charge in [0.25, 0.3) is 0 Å². The highest BCUT2D eigenvalue weighted by Gasteiger charge is 2.20. The molecule has 0 bridgehead atoms. The van der Waals surface area contributed by atoms with Gasteiger partial charge in [0.2, 0.25) is 0 Å². The number of nitrogens with two attached hydrogens (primary N) is 1. The monoisotopic (exact) mass is 271 g/mol. The number of rotatable bonds is 1. The van der Waals surface area contributed by atoms with Crippen LogP contribution in [0, 0.1) is 5.82 Å². The zero-order valence-corrected chi connectivity index (χ0v) is 8.49. The summed E-state index contributed by atoms with van der Waals surface area (Å²) in [7, 11) is -5.06. The molecule has 0 unspecified atom stereocenters. The van der Waals surface area contributed by atoms with Crippen molar-refractivity contribution in [2.75, 3.05) is 5.73 Å². The van der Waals surface area contributed by atoms with Crippen LogP contribution < -0.4 is 5.73 Å². The van der Waals surface area contributed by atoms with Crippen molar-refractivity contribution in [2.24, 2.45) is 0 Å². The number of benzene rings is 1. The predicted octanol–water partition coefficient (Wildman–Crippen LogP) is 1.83. The zero-order chi connectivity index (χ0) is 10.2. The molecule has 0 amide bonds. The Bertz CT molecular complexity index is 446. The fourth-order valence-electron chi connectivity index (χ4n) is 0.761. The summed E-state index contributed by atoms with van der Waals surface area (Å²) in [4.78, 5) is -1.06. The molecule has 13 heavy (non-hydrogen) atoms. The fourth-order valence-corrected chi connectivity index (χ4v) is 1.97. The first kappa shape index (κ1) is 10.4. The summed E-state index contributed by atoms with van der Waals surface area (Å²) >= 11 is 2.70. The SMILES string of the molecule is Nc1cc(Br)c(F)c(S(=O)(=O)F)c1. The van der Waals surface area contributed by atoms with Crippen molar-refractivity contribution >= 4 is 31.8 Å². The lowest BCUT2D eigenvalue weighted by molar-refractivity contribution is 0.532. The molecule has 0 saturated heterocycles. The summed E-state index contributed by atoms with van der Waals surface area (Å²) in [5, 5.41) is 0. The second kappa shape index (κ2) is 3.22. The molecule has 1 rings (SSSR count). The van der Waals surface area contributed by atoms with Gasteiger partial charge in [-0.3, -0.25) is 0 Å². The van der Waals surface area contributed by atoms with Crippen LogP contribution >= 0.6 is 15.9 Å². The second-order valence-corrected chi connectivity index (χ2v) is 4.42. The molecule has 7 heteroatoms. The van der Waals surface area contributed by atoms with Gasteiger partial charge in [-0.05, 0) is 28.1 Å². The number of halogens is 3. The summed E-state index contributed by atoms with van der Waals surface area (Å²) in [6.45, 7) is 0. The van der Waals surface area contributed by atoms with Crippen molar-refractivity contribution in [3.8, 4) is 0 Å². The highest BCUT2D eigenvalue weighted by Crippen LogP contribution is 2.26. The molecule has 1 aromatic carbocycles. The normalized spacial score (nSPS) is 11.6. The summed E-state index contributed by atoms with van der Waals surface area (Å²) in [5.74, 6) is -1.18. The van der Waals surface area contributed by atoms with E-state index < -0.39 is 20.9 Å². The molecule has 0 aliphatic carbocycles. The Morgan fingerprint density at radius 1 is 1.38 bits per heavy atom. The van der Waals surface area contributed by atoms with Crippen LogP contribution in [0.25, 0.3) is 0 Å². The smallest absolute Gasteiger partial charge is 0.335 e. The Labute approximate surface area is 81.9 Å². The molecule has 72 valence electrons. The van der Waals surface area contributed by atoms with E-state index in [1.54, 1.807) is 0 Å². The van der Waals surface area contributed by atoms with Gasteiger partial charge in [-0.25, -0.2) is 4.39 Å². The van der Waals surface area contributed by atoms with Crippen LogP contribution in [0.1, 0.15) is 0 Å². The van der Waals surface area contributed by atoms with Crippen LogP contribution in [0.4, 0.5) is 14.0 Å². The van der Waals surface area contributed by atoms with Gasteiger partial charge >= 0.3 is 10.2 Å². The summed E-state index contributed by atoms with van der Waals surface area (Å²) in [6.07, 6.45) is 0. The van der Waals surface area contributed by atoms with Crippen LogP contribution in [0.3, 0.4) is 0 Å². The van der Waals surface area contributed by atoms with Crippen molar-refractivity contribution in [3.63, 3.8) is 0 Å². The van der Waals surface area contributed by atoms with E-state index in [2.05, 4.69) is 15.9 Å². The molecule has 0 heterocycles. The maximum absolute atomic E-state index is 13.0. The third-order valence-electron chi connectivity index (χ3n) is 1.28. The minimum Gasteiger partial charge on any atom is -0.399 e. The van der Waals surface area contributed by atoms with E-state index in [1.165, 1.54) is 0 Å². The van der Waals surface area contributed by atoms with E-state index in [1.807, 2.05) is 0 Å². The van der Waals surface area contributed by atoms with Crippen molar-refractivity contribution in [3.05, 3.63) is 22.4 Å². The molecule has 0 atom stereocenters. The largest absolute Gasteiger partial charge is 0.399 e. The fraction of sp³-hybridized carbons (Fsp3) is 0. The Hall–Kier alpha value is -0.690. The summed E-state index contributed by atoms with van der Waals surface area (Å²) in [6, 6.07) is 1.86. The third-order valence-corrected chi connectivity index (χ3v) is 2.68. The Morgan fingerprint density at radius 2 is 1.92 bits per heavy atom. The molecule has 0 aliphatic rings. The molecule has 0 spiro atoms. The maximum atomic E-state index is 13.0. The average molecular weight is 272 g/mol. The van der Waals surface area contributed by atoms with E-state index in [0.717, 1.165) is 12.1 Å². The van der Waals surface area contributed by atoms with E-state index in [4.69, 9.17) is 5.73 Å². The molecule has 0 radical (unpaired) electrons. The maximum Gasteiger partial charge on any atom is 0.335 e. The van der Waals surface area contributed by atoms with E-state index in [-0.39, 0.29) is 10.2 Å². The lowest BCUT2D eigenvalue weighted by atomic mass is 10.3. The summed E-state index contributed by atoms with van der Waals surface area (Å²) in [5.41, 5.74) is 5.16. The third kappa shape index (κ3) is 2.16. The minimum absolute atomic E-state index is 0.0375. The lowest BCUT2D eigenvalue weighted by Crippen LogP contribution is -1.99. The average Bonchev–Trinajstić information content (AvgIpc) is 1.94. The number of hydrogen-bond acceptors (Lipinski definition) is 3. The van der Waals surface area contributed by atoms with Crippen LogP contribution in [-0.4, -0.2) is 8.42 Å². The Morgan fingerprint density at radius 3 is 2.38 bits per heavy atom. The van der Waals surface area contributed by atoms with Gasteiger partial charge in [0, 0.05) is 5.69 Å². The quantitative estimate of drug-likeness (QED) is 0.626. The first-order valence-corrected chi connectivity index (χ1v) is 5.19. The van der Waals surface area contributed by atoms with Crippen molar-refractivity contribution in [2.45, 2.75) is 4.90 Å². The van der Waals surface area contributed by atoms with Gasteiger partial charge in [0.15, 0.2) is 5.82 Å².